The van der Waals surface area contributed by atoms with E-state index in [1.165, 1.54) is 24.3 Å². The lowest BCUT2D eigenvalue weighted by atomic mass is 9.97. The molecule has 15 heteroatoms. The van der Waals surface area contributed by atoms with E-state index in [4.69, 9.17) is 24.0 Å². The second-order valence-corrected chi connectivity index (χ2v) is 10.4. The number of anilines is 1. The number of nitrogen functional groups attached to an aromatic ring is 1. The van der Waals surface area contributed by atoms with Crippen molar-refractivity contribution < 1.29 is 45.5 Å². The topological polar surface area (TPSA) is 135 Å². The molecule has 4 atom stereocenters. The minimum absolute atomic E-state index is 0.00810. The predicted molar refractivity (Wildman–Crippen MR) is 130 cm³/mol. The zero-order valence-corrected chi connectivity index (χ0v) is 21.4. The summed E-state index contributed by atoms with van der Waals surface area (Å²) in [5.74, 6) is -2.08. The highest BCUT2D eigenvalue weighted by molar-refractivity contribution is 7.49. The van der Waals surface area contributed by atoms with Crippen molar-refractivity contribution in [3.63, 3.8) is 0 Å². The van der Waals surface area contributed by atoms with Crippen LogP contribution in [-0.2, 0) is 13.8 Å². The highest BCUT2D eigenvalue weighted by Crippen LogP contribution is 2.52. The Hall–Kier alpha value is -3.45. The lowest BCUT2D eigenvalue weighted by Gasteiger charge is -2.31. The molecule has 4 rings (SSSR count). The summed E-state index contributed by atoms with van der Waals surface area (Å²) in [5, 5.41) is 10.5. The number of hydrogen-bond acceptors (Lipinski definition) is 9. The van der Waals surface area contributed by atoms with E-state index in [0.717, 1.165) is 11.1 Å². The van der Waals surface area contributed by atoms with Crippen molar-refractivity contribution in [1.82, 2.24) is 9.55 Å². The first-order chi connectivity index (χ1) is 18.3. The van der Waals surface area contributed by atoms with Crippen molar-refractivity contribution in [3.05, 3.63) is 82.2 Å². The van der Waals surface area contributed by atoms with Crippen LogP contribution < -0.4 is 20.5 Å². The molecule has 0 saturated carbocycles. The van der Waals surface area contributed by atoms with Crippen molar-refractivity contribution in [2.24, 2.45) is 0 Å². The fourth-order valence-electron chi connectivity index (χ4n) is 3.71. The molecule has 3 aromatic rings. The number of aromatic nitrogens is 2. The van der Waals surface area contributed by atoms with Crippen molar-refractivity contribution in [2.45, 2.75) is 44.4 Å². The largest absolute Gasteiger partial charge is 0.587 e. The average molecular weight is 573 g/mol. The van der Waals surface area contributed by atoms with Crippen LogP contribution in [0.3, 0.4) is 0 Å². The van der Waals surface area contributed by atoms with Gasteiger partial charge < -0.3 is 24.6 Å². The van der Waals surface area contributed by atoms with Crippen molar-refractivity contribution in [3.8, 4) is 11.5 Å². The molecule has 1 aliphatic rings. The molecule has 0 aliphatic carbocycles. The number of hydrogen-bond donors (Lipinski definition) is 2. The van der Waals surface area contributed by atoms with Gasteiger partial charge in [0.1, 0.15) is 17.6 Å². The quantitative estimate of drug-likeness (QED) is 0.287. The number of nitrogens with zero attached hydrogens (tertiary/aromatic N) is 2. The maximum atomic E-state index is 15.1. The standard InChI is InChI=1S/C24H24F4N3O7P/c1-13-3-7-15(8-4-13)37-39(34,38-16-9-5-14(2)6-10-16)35-12-24(22(27)28)19(32)18(26)21(36-24)31-11-17(25)20(29)30-23(31)33/h3-11,18-19,21-22,32H,12H2,1-2H3,(H2,29,30,33)/t18-,19+,21-,24-/m1/s1. The summed E-state index contributed by atoms with van der Waals surface area (Å²) < 4.78 is 92.8. The summed E-state index contributed by atoms with van der Waals surface area (Å²) in [4.78, 5) is 15.3. The van der Waals surface area contributed by atoms with Gasteiger partial charge in [0.25, 0.3) is 6.43 Å². The van der Waals surface area contributed by atoms with Crippen LogP contribution in [0.15, 0.2) is 59.5 Å². The number of nitrogens with two attached hydrogens (primary N) is 1. The molecule has 2 aromatic carbocycles. The Labute approximate surface area is 219 Å². The number of alkyl halides is 3. The minimum Gasteiger partial charge on any atom is -0.395 e. The first kappa shape index (κ1) is 28.6. The Morgan fingerprint density at radius 3 is 2.10 bits per heavy atom. The van der Waals surface area contributed by atoms with E-state index in [0.29, 0.717) is 6.20 Å². The van der Waals surface area contributed by atoms with E-state index in [-0.39, 0.29) is 16.1 Å². The average Bonchev–Trinajstić information content (AvgIpc) is 3.14. The van der Waals surface area contributed by atoms with Crippen LogP contribution in [0.1, 0.15) is 17.4 Å². The lowest BCUT2D eigenvalue weighted by molar-refractivity contribution is -0.193. The molecule has 3 N–H and O–H groups in total. The van der Waals surface area contributed by atoms with Crippen molar-refractivity contribution in [2.75, 3.05) is 12.3 Å². The van der Waals surface area contributed by atoms with Gasteiger partial charge >= 0.3 is 13.5 Å². The molecule has 1 aliphatic heterocycles. The smallest absolute Gasteiger partial charge is 0.395 e. The maximum Gasteiger partial charge on any atom is 0.587 e. The number of rotatable bonds is 9. The molecule has 1 aromatic heterocycles. The molecular weight excluding hydrogens is 549 g/mol. The number of aryl methyl sites for hydroxylation is 2. The number of phosphoric acid groups is 1. The summed E-state index contributed by atoms with van der Waals surface area (Å²) >= 11 is 0. The number of phosphoric ester groups is 1. The Bertz CT molecular complexity index is 1370. The lowest BCUT2D eigenvalue weighted by Crippen LogP contribution is -2.52. The third kappa shape index (κ3) is 5.93. The van der Waals surface area contributed by atoms with Crippen molar-refractivity contribution in [1.29, 1.82) is 0 Å². The Morgan fingerprint density at radius 1 is 1.10 bits per heavy atom. The van der Waals surface area contributed by atoms with Gasteiger partial charge in [-0.25, -0.2) is 26.9 Å². The number of benzene rings is 2. The number of aliphatic hydroxyl groups is 1. The molecule has 210 valence electrons. The fourth-order valence-corrected chi connectivity index (χ4v) is 4.97. The summed E-state index contributed by atoms with van der Waals surface area (Å²) in [5.41, 5.74) is 2.38. The molecule has 2 heterocycles. The predicted octanol–water partition coefficient (Wildman–Crippen LogP) is 4.10. The zero-order chi connectivity index (χ0) is 28.5. The third-order valence-corrected chi connectivity index (χ3v) is 7.23. The van der Waals surface area contributed by atoms with Gasteiger partial charge in [-0.3, -0.25) is 9.09 Å². The van der Waals surface area contributed by atoms with Crippen LogP contribution in [0.25, 0.3) is 0 Å². The van der Waals surface area contributed by atoms with E-state index >= 15 is 4.39 Å². The fraction of sp³-hybridized carbons (Fsp3) is 0.333. The summed E-state index contributed by atoms with van der Waals surface area (Å²) in [6.45, 7) is 2.15. The monoisotopic (exact) mass is 573 g/mol. The van der Waals surface area contributed by atoms with Crippen LogP contribution in [0.5, 0.6) is 11.5 Å². The van der Waals surface area contributed by atoms with E-state index in [1.807, 2.05) is 0 Å². The van der Waals surface area contributed by atoms with E-state index in [2.05, 4.69) is 4.98 Å². The molecule has 1 saturated heterocycles. The second-order valence-electron chi connectivity index (χ2n) is 8.85. The number of halogens is 4. The molecule has 0 amide bonds. The van der Waals surface area contributed by atoms with Gasteiger partial charge in [0, 0.05) is 0 Å². The first-order valence-corrected chi connectivity index (χ1v) is 12.9. The van der Waals surface area contributed by atoms with E-state index < -0.39 is 62.3 Å². The van der Waals surface area contributed by atoms with Crippen LogP contribution in [-0.4, -0.2) is 45.6 Å². The highest BCUT2D eigenvalue weighted by Gasteiger charge is 2.62. The molecule has 1 fully saturated rings. The molecule has 0 spiro atoms. The normalized spacial score (nSPS) is 23.2. The van der Waals surface area contributed by atoms with Gasteiger partial charge in [-0.05, 0) is 38.1 Å². The summed E-state index contributed by atoms with van der Waals surface area (Å²) in [6, 6.07) is 12.2. The number of ether oxygens (including phenoxy) is 1. The Kier molecular flexibility index (Phi) is 8.03. The minimum atomic E-state index is -4.79. The second kappa shape index (κ2) is 11.0. The zero-order valence-electron chi connectivity index (χ0n) is 20.5. The SMILES string of the molecule is Cc1ccc(OP(=O)(OC[C@@]2(C(F)F)O[C@@H](n3cc(F)c(N)nc3=O)[C@H](F)[C@@H]2O)Oc2ccc(C)cc2)cc1. The van der Waals surface area contributed by atoms with E-state index in [9.17, 15) is 27.6 Å². The van der Waals surface area contributed by atoms with Gasteiger partial charge in [0.2, 0.25) is 0 Å². The van der Waals surface area contributed by atoms with Crippen LogP contribution in [0, 0.1) is 19.7 Å². The Balaban J connectivity index is 1.65. The molecule has 0 unspecified atom stereocenters. The van der Waals surface area contributed by atoms with E-state index in [1.54, 1.807) is 38.1 Å². The molecular formula is C24H24F4N3O7P. The maximum absolute atomic E-state index is 15.1. The first-order valence-electron chi connectivity index (χ1n) is 11.4. The van der Waals surface area contributed by atoms with Crippen LogP contribution >= 0.6 is 7.82 Å². The van der Waals surface area contributed by atoms with Gasteiger partial charge in [-0.1, -0.05) is 35.4 Å². The number of aliphatic hydroxyl groups excluding tert-OH is 1. The summed E-state index contributed by atoms with van der Waals surface area (Å²) in [7, 11) is -4.79. The Morgan fingerprint density at radius 2 is 1.62 bits per heavy atom. The van der Waals surface area contributed by atoms with Crippen LogP contribution in [0.4, 0.5) is 23.4 Å². The highest BCUT2D eigenvalue weighted by atomic mass is 31.2. The molecule has 39 heavy (non-hydrogen) atoms. The van der Waals surface area contributed by atoms with Crippen LogP contribution in [0.2, 0.25) is 0 Å². The third-order valence-electron chi connectivity index (χ3n) is 5.92. The van der Waals surface area contributed by atoms with Gasteiger partial charge in [0.05, 0.1) is 12.8 Å². The molecule has 0 bridgehead atoms. The van der Waals surface area contributed by atoms with Gasteiger partial charge in [0.15, 0.2) is 29.6 Å². The van der Waals surface area contributed by atoms with Gasteiger partial charge in [-0.15, -0.1) is 0 Å². The van der Waals surface area contributed by atoms with Gasteiger partial charge in [-0.2, -0.15) is 4.98 Å². The summed E-state index contributed by atoms with van der Waals surface area (Å²) in [6.07, 6.45) is -10.8. The molecule has 10 nitrogen and oxygen atoms in total. The molecule has 0 radical (unpaired) electrons. The van der Waals surface area contributed by atoms with Crippen molar-refractivity contribution >= 4 is 13.6 Å².